The number of benzene rings is 1. The van der Waals surface area contributed by atoms with Gasteiger partial charge in [-0.2, -0.15) is 0 Å². The fourth-order valence-electron chi connectivity index (χ4n) is 2.58. The van der Waals surface area contributed by atoms with E-state index in [0.29, 0.717) is 10.6 Å². The summed E-state index contributed by atoms with van der Waals surface area (Å²) in [6.45, 7) is 1.64. The molecule has 2 fully saturated rings. The molecule has 100 valence electrons. The Hall–Kier alpha value is -0.800. The molecule has 3 rings (SSSR count). The van der Waals surface area contributed by atoms with E-state index in [4.69, 9.17) is 11.6 Å². The SMILES string of the molecule is O=C(c1cc(Br)ccc1Cl)N1CCC(=C2CC2)CC1. The van der Waals surface area contributed by atoms with E-state index in [1.807, 2.05) is 11.0 Å². The van der Waals surface area contributed by atoms with Gasteiger partial charge in [-0.05, 0) is 43.9 Å². The highest BCUT2D eigenvalue weighted by Crippen LogP contribution is 2.36. The highest BCUT2D eigenvalue weighted by molar-refractivity contribution is 9.10. The standard InChI is InChI=1S/C15H15BrClNO/c16-12-3-4-14(17)13(9-12)15(19)18-7-5-11(6-8-18)10-1-2-10/h3-4,9H,1-2,5-8H2. The second-order valence-electron chi connectivity index (χ2n) is 5.12. The molecule has 2 nitrogen and oxygen atoms in total. The molecule has 1 amide bonds. The van der Waals surface area contributed by atoms with E-state index in [9.17, 15) is 4.79 Å². The summed E-state index contributed by atoms with van der Waals surface area (Å²) in [7, 11) is 0. The molecule has 1 heterocycles. The first kappa shape index (κ1) is 13.2. The van der Waals surface area contributed by atoms with Crippen molar-refractivity contribution in [3.05, 3.63) is 44.4 Å². The van der Waals surface area contributed by atoms with Crippen LogP contribution in [-0.2, 0) is 0 Å². The number of hydrogen-bond acceptors (Lipinski definition) is 1. The fourth-order valence-corrected chi connectivity index (χ4v) is 3.14. The monoisotopic (exact) mass is 339 g/mol. The van der Waals surface area contributed by atoms with Crippen LogP contribution in [0.2, 0.25) is 5.02 Å². The summed E-state index contributed by atoms with van der Waals surface area (Å²) < 4.78 is 0.887. The largest absolute Gasteiger partial charge is 0.338 e. The van der Waals surface area contributed by atoms with Crippen molar-refractivity contribution in [1.29, 1.82) is 0 Å². The minimum atomic E-state index is 0.0474. The zero-order chi connectivity index (χ0) is 13.4. The molecule has 0 bridgehead atoms. The van der Waals surface area contributed by atoms with Crippen molar-refractivity contribution >= 4 is 33.4 Å². The van der Waals surface area contributed by atoms with Crippen molar-refractivity contribution in [1.82, 2.24) is 4.90 Å². The Balaban J connectivity index is 1.74. The maximum atomic E-state index is 12.5. The first-order chi connectivity index (χ1) is 9.15. The number of carbonyl (C=O) groups is 1. The molecular weight excluding hydrogens is 326 g/mol. The Kier molecular flexibility index (Phi) is 3.68. The van der Waals surface area contributed by atoms with Gasteiger partial charge >= 0.3 is 0 Å². The van der Waals surface area contributed by atoms with Gasteiger partial charge in [0.15, 0.2) is 0 Å². The van der Waals surface area contributed by atoms with Crippen LogP contribution in [0.5, 0.6) is 0 Å². The smallest absolute Gasteiger partial charge is 0.255 e. The second kappa shape index (κ2) is 5.29. The maximum absolute atomic E-state index is 12.5. The number of carbonyl (C=O) groups excluding carboxylic acids is 1. The predicted octanol–water partition coefficient (Wildman–Crippen LogP) is 4.43. The average Bonchev–Trinajstić information content (AvgIpc) is 3.25. The van der Waals surface area contributed by atoms with Gasteiger partial charge in [-0.3, -0.25) is 4.79 Å². The van der Waals surface area contributed by atoms with Crippen LogP contribution in [0.1, 0.15) is 36.0 Å². The normalized spacial score (nSPS) is 18.7. The van der Waals surface area contributed by atoms with E-state index < -0.39 is 0 Å². The summed E-state index contributed by atoms with van der Waals surface area (Å²) in [6, 6.07) is 5.42. The van der Waals surface area contributed by atoms with Gasteiger partial charge in [0.1, 0.15) is 0 Å². The van der Waals surface area contributed by atoms with Crippen LogP contribution in [0.4, 0.5) is 0 Å². The number of amides is 1. The molecule has 1 saturated heterocycles. The molecule has 1 saturated carbocycles. The number of likely N-dealkylation sites (tertiary alicyclic amines) is 1. The van der Waals surface area contributed by atoms with E-state index in [-0.39, 0.29) is 5.91 Å². The zero-order valence-corrected chi connectivity index (χ0v) is 12.9. The zero-order valence-electron chi connectivity index (χ0n) is 10.6. The highest BCUT2D eigenvalue weighted by Gasteiger charge is 2.25. The lowest BCUT2D eigenvalue weighted by Crippen LogP contribution is -2.36. The van der Waals surface area contributed by atoms with Gasteiger partial charge in [0, 0.05) is 17.6 Å². The minimum Gasteiger partial charge on any atom is -0.338 e. The van der Waals surface area contributed by atoms with Crippen LogP contribution in [0, 0.1) is 0 Å². The first-order valence-electron chi connectivity index (χ1n) is 6.59. The third kappa shape index (κ3) is 2.87. The summed E-state index contributed by atoms with van der Waals surface area (Å²) in [4.78, 5) is 14.4. The summed E-state index contributed by atoms with van der Waals surface area (Å²) in [5, 5.41) is 0.527. The topological polar surface area (TPSA) is 20.3 Å². The summed E-state index contributed by atoms with van der Waals surface area (Å²) in [6.07, 6.45) is 4.63. The molecule has 0 spiro atoms. The minimum absolute atomic E-state index is 0.0474. The van der Waals surface area contributed by atoms with E-state index >= 15 is 0 Å². The van der Waals surface area contributed by atoms with Crippen molar-refractivity contribution in [2.45, 2.75) is 25.7 Å². The summed E-state index contributed by atoms with van der Waals surface area (Å²) >= 11 is 9.51. The van der Waals surface area contributed by atoms with E-state index in [0.717, 1.165) is 30.4 Å². The Labute approximate surface area is 126 Å². The van der Waals surface area contributed by atoms with E-state index in [2.05, 4.69) is 15.9 Å². The van der Waals surface area contributed by atoms with Crippen LogP contribution < -0.4 is 0 Å². The maximum Gasteiger partial charge on any atom is 0.255 e. The Morgan fingerprint density at radius 1 is 1.11 bits per heavy atom. The molecule has 1 aliphatic carbocycles. The van der Waals surface area contributed by atoms with Crippen molar-refractivity contribution in [3.63, 3.8) is 0 Å². The number of piperidine rings is 1. The molecule has 4 heteroatoms. The Morgan fingerprint density at radius 3 is 2.37 bits per heavy atom. The molecule has 19 heavy (non-hydrogen) atoms. The quantitative estimate of drug-likeness (QED) is 0.693. The van der Waals surface area contributed by atoms with Crippen molar-refractivity contribution < 1.29 is 4.79 Å². The van der Waals surface area contributed by atoms with Gasteiger partial charge in [-0.25, -0.2) is 0 Å². The number of rotatable bonds is 1. The van der Waals surface area contributed by atoms with Crippen molar-refractivity contribution in [2.75, 3.05) is 13.1 Å². The molecule has 2 aliphatic rings. The van der Waals surface area contributed by atoms with Crippen LogP contribution >= 0.6 is 27.5 Å². The van der Waals surface area contributed by atoms with Gasteiger partial charge in [0.05, 0.1) is 10.6 Å². The lowest BCUT2D eigenvalue weighted by molar-refractivity contribution is 0.0743. The van der Waals surface area contributed by atoms with Gasteiger partial charge in [-0.1, -0.05) is 38.7 Å². The predicted molar refractivity (Wildman–Crippen MR) is 80.5 cm³/mol. The number of hydrogen-bond donors (Lipinski definition) is 0. The second-order valence-corrected chi connectivity index (χ2v) is 6.45. The molecule has 1 aliphatic heterocycles. The van der Waals surface area contributed by atoms with Gasteiger partial charge in [0.25, 0.3) is 5.91 Å². The summed E-state index contributed by atoms with van der Waals surface area (Å²) in [5.74, 6) is 0.0474. The van der Waals surface area contributed by atoms with E-state index in [1.54, 1.807) is 23.3 Å². The number of allylic oxidation sites excluding steroid dienone is 1. The first-order valence-corrected chi connectivity index (χ1v) is 7.76. The van der Waals surface area contributed by atoms with Crippen molar-refractivity contribution in [3.8, 4) is 0 Å². The summed E-state index contributed by atoms with van der Waals surface area (Å²) in [5.41, 5.74) is 3.82. The van der Waals surface area contributed by atoms with Gasteiger partial charge in [-0.15, -0.1) is 0 Å². The van der Waals surface area contributed by atoms with Crippen LogP contribution in [0.25, 0.3) is 0 Å². The molecule has 1 aromatic carbocycles. The van der Waals surface area contributed by atoms with Crippen molar-refractivity contribution in [2.24, 2.45) is 0 Å². The molecular formula is C15H15BrClNO. The highest BCUT2D eigenvalue weighted by atomic mass is 79.9. The fraction of sp³-hybridized carbons (Fsp3) is 0.400. The van der Waals surface area contributed by atoms with Crippen LogP contribution in [-0.4, -0.2) is 23.9 Å². The third-order valence-corrected chi connectivity index (χ3v) is 4.64. The number of nitrogens with zero attached hydrogens (tertiary/aromatic N) is 1. The lowest BCUT2D eigenvalue weighted by atomic mass is 10.0. The third-order valence-electron chi connectivity index (χ3n) is 3.81. The number of halogens is 2. The Bertz CT molecular complexity index is 551. The van der Waals surface area contributed by atoms with Crippen LogP contribution in [0.15, 0.2) is 33.8 Å². The molecule has 0 aromatic heterocycles. The van der Waals surface area contributed by atoms with Gasteiger partial charge in [0.2, 0.25) is 0 Å². The molecule has 0 atom stereocenters. The van der Waals surface area contributed by atoms with Crippen LogP contribution in [0.3, 0.4) is 0 Å². The molecule has 1 aromatic rings. The molecule has 0 radical (unpaired) electrons. The van der Waals surface area contributed by atoms with E-state index in [1.165, 1.54) is 12.8 Å². The molecule has 0 unspecified atom stereocenters. The molecule has 0 N–H and O–H groups in total. The average molecular weight is 341 g/mol. The lowest BCUT2D eigenvalue weighted by Gasteiger charge is -2.29. The van der Waals surface area contributed by atoms with Gasteiger partial charge < -0.3 is 4.90 Å². The Morgan fingerprint density at radius 2 is 1.74 bits per heavy atom.